The third kappa shape index (κ3) is 5.86. The minimum atomic E-state index is -1.28. The van der Waals surface area contributed by atoms with Crippen molar-refractivity contribution in [1.82, 2.24) is 19.9 Å². The molecule has 0 bridgehead atoms. The topological polar surface area (TPSA) is 95.9 Å². The Labute approximate surface area is 171 Å². The SMILES string of the molecule is CC(F)c1cccc(-c2nc(NCC(C)(C)O)nc(Nc3cc(F)cc(F)c3)n2)n1. The Morgan fingerprint density at radius 1 is 1.00 bits per heavy atom. The number of hydrogen-bond acceptors (Lipinski definition) is 7. The molecule has 0 aliphatic heterocycles. The molecule has 0 amide bonds. The Morgan fingerprint density at radius 2 is 1.67 bits per heavy atom. The third-order valence-corrected chi connectivity index (χ3v) is 3.84. The van der Waals surface area contributed by atoms with E-state index in [9.17, 15) is 18.3 Å². The summed E-state index contributed by atoms with van der Waals surface area (Å²) in [6.45, 7) is 4.69. The van der Waals surface area contributed by atoms with Crippen LogP contribution in [0.3, 0.4) is 0 Å². The number of nitrogens with zero attached hydrogens (tertiary/aromatic N) is 4. The van der Waals surface area contributed by atoms with Crippen LogP contribution in [0.25, 0.3) is 11.5 Å². The summed E-state index contributed by atoms with van der Waals surface area (Å²) in [5, 5.41) is 15.5. The van der Waals surface area contributed by atoms with E-state index in [1.165, 1.54) is 13.0 Å². The summed E-state index contributed by atoms with van der Waals surface area (Å²) in [7, 11) is 0. The molecule has 0 aliphatic carbocycles. The maximum atomic E-state index is 13.7. The van der Waals surface area contributed by atoms with Crippen molar-refractivity contribution in [3.8, 4) is 11.5 Å². The van der Waals surface area contributed by atoms with Crippen LogP contribution in [-0.4, -0.2) is 37.2 Å². The van der Waals surface area contributed by atoms with Crippen LogP contribution in [-0.2, 0) is 0 Å². The lowest BCUT2D eigenvalue weighted by molar-refractivity contribution is 0.0943. The molecule has 0 saturated heterocycles. The first-order valence-electron chi connectivity index (χ1n) is 9.16. The van der Waals surface area contributed by atoms with Crippen molar-refractivity contribution in [3.63, 3.8) is 0 Å². The summed E-state index contributed by atoms with van der Waals surface area (Å²) in [6.07, 6.45) is -1.28. The second-order valence-corrected chi connectivity index (χ2v) is 7.32. The highest BCUT2D eigenvalue weighted by Gasteiger charge is 2.16. The number of halogens is 3. The van der Waals surface area contributed by atoms with Gasteiger partial charge in [-0.05, 0) is 45.0 Å². The second-order valence-electron chi connectivity index (χ2n) is 7.32. The number of aromatic nitrogens is 4. The molecule has 3 N–H and O–H groups in total. The Balaban J connectivity index is 2.00. The molecule has 7 nitrogen and oxygen atoms in total. The van der Waals surface area contributed by atoms with E-state index in [2.05, 4.69) is 30.6 Å². The quantitative estimate of drug-likeness (QED) is 0.530. The van der Waals surface area contributed by atoms with Crippen molar-refractivity contribution < 1.29 is 18.3 Å². The zero-order valence-corrected chi connectivity index (χ0v) is 16.6. The van der Waals surface area contributed by atoms with Gasteiger partial charge in [-0.2, -0.15) is 15.0 Å². The lowest BCUT2D eigenvalue weighted by Gasteiger charge is -2.18. The molecular weight excluding hydrogens is 397 g/mol. The molecule has 1 aromatic carbocycles. The van der Waals surface area contributed by atoms with Gasteiger partial charge in [0, 0.05) is 18.3 Å². The minimum Gasteiger partial charge on any atom is -0.389 e. The van der Waals surface area contributed by atoms with Crippen LogP contribution in [0, 0.1) is 11.6 Å². The van der Waals surface area contributed by atoms with Gasteiger partial charge in [-0.15, -0.1) is 0 Å². The van der Waals surface area contributed by atoms with Gasteiger partial charge in [0.1, 0.15) is 23.5 Å². The summed E-state index contributed by atoms with van der Waals surface area (Å²) in [5.41, 5.74) is -0.453. The standard InChI is InChI=1S/C20H21F3N6O/c1-11(21)15-5-4-6-16(26-15)17-27-18(24-10-20(2,3)30)29-19(28-17)25-14-8-12(22)7-13(23)9-14/h4-9,11,30H,10H2,1-3H3,(H2,24,25,27,28,29). The molecule has 2 aromatic heterocycles. The molecule has 0 saturated carbocycles. The van der Waals surface area contributed by atoms with E-state index in [0.29, 0.717) is 5.69 Å². The molecule has 30 heavy (non-hydrogen) atoms. The Morgan fingerprint density at radius 3 is 2.30 bits per heavy atom. The van der Waals surface area contributed by atoms with Gasteiger partial charge in [-0.3, -0.25) is 0 Å². The van der Waals surface area contributed by atoms with Gasteiger partial charge in [0.25, 0.3) is 0 Å². The monoisotopic (exact) mass is 418 g/mol. The molecule has 0 fully saturated rings. The third-order valence-electron chi connectivity index (χ3n) is 3.84. The summed E-state index contributed by atoms with van der Waals surface area (Å²) < 4.78 is 40.7. The Hall–Kier alpha value is -3.27. The number of hydrogen-bond donors (Lipinski definition) is 3. The first-order valence-corrected chi connectivity index (χ1v) is 9.16. The fourth-order valence-corrected chi connectivity index (χ4v) is 2.47. The van der Waals surface area contributed by atoms with Crippen LogP contribution in [0.2, 0.25) is 0 Å². The van der Waals surface area contributed by atoms with Crippen LogP contribution in [0.4, 0.5) is 30.8 Å². The number of pyridine rings is 1. The maximum absolute atomic E-state index is 13.7. The predicted molar refractivity (Wildman–Crippen MR) is 107 cm³/mol. The van der Waals surface area contributed by atoms with Gasteiger partial charge >= 0.3 is 0 Å². The summed E-state index contributed by atoms with van der Waals surface area (Å²) in [6, 6.07) is 7.68. The van der Waals surface area contributed by atoms with E-state index in [0.717, 1.165) is 18.2 Å². The van der Waals surface area contributed by atoms with Gasteiger partial charge < -0.3 is 15.7 Å². The number of aliphatic hydroxyl groups is 1. The molecule has 0 radical (unpaired) electrons. The fraction of sp³-hybridized carbons (Fsp3) is 0.300. The molecule has 0 aliphatic rings. The molecular formula is C20H21F3N6O. The summed E-state index contributed by atoms with van der Waals surface area (Å²) in [5.74, 6) is -1.33. The molecule has 3 aromatic rings. The Bertz CT molecular complexity index is 1020. The van der Waals surface area contributed by atoms with E-state index in [4.69, 9.17) is 0 Å². The molecule has 0 spiro atoms. The lowest BCUT2D eigenvalue weighted by atomic mass is 10.1. The fourth-order valence-electron chi connectivity index (χ4n) is 2.47. The number of nitrogens with one attached hydrogen (secondary N) is 2. The first kappa shape index (κ1) is 21.4. The summed E-state index contributed by atoms with van der Waals surface area (Å²) >= 11 is 0. The summed E-state index contributed by atoms with van der Waals surface area (Å²) in [4.78, 5) is 16.9. The number of anilines is 3. The highest BCUT2D eigenvalue weighted by molar-refractivity contribution is 5.59. The number of rotatable bonds is 7. The van der Waals surface area contributed by atoms with Gasteiger partial charge in [-0.1, -0.05) is 6.07 Å². The first-order chi connectivity index (χ1) is 14.1. The van der Waals surface area contributed by atoms with Crippen LogP contribution < -0.4 is 10.6 Å². The van der Waals surface area contributed by atoms with Crippen molar-refractivity contribution in [1.29, 1.82) is 0 Å². The van der Waals surface area contributed by atoms with Crippen molar-refractivity contribution in [2.75, 3.05) is 17.2 Å². The van der Waals surface area contributed by atoms with Crippen LogP contribution in [0.5, 0.6) is 0 Å². The van der Waals surface area contributed by atoms with Crippen LogP contribution in [0.15, 0.2) is 36.4 Å². The highest BCUT2D eigenvalue weighted by atomic mass is 19.1. The van der Waals surface area contributed by atoms with E-state index in [1.54, 1.807) is 26.0 Å². The molecule has 1 unspecified atom stereocenters. The molecule has 10 heteroatoms. The van der Waals surface area contributed by atoms with Crippen molar-refractivity contribution in [2.45, 2.75) is 32.5 Å². The average molecular weight is 418 g/mol. The number of alkyl halides is 1. The van der Waals surface area contributed by atoms with Crippen molar-refractivity contribution in [2.24, 2.45) is 0 Å². The van der Waals surface area contributed by atoms with Gasteiger partial charge in [0.2, 0.25) is 11.9 Å². The van der Waals surface area contributed by atoms with Gasteiger partial charge in [0.05, 0.1) is 11.3 Å². The van der Waals surface area contributed by atoms with E-state index in [1.807, 2.05) is 0 Å². The average Bonchev–Trinajstić information content (AvgIpc) is 2.65. The maximum Gasteiger partial charge on any atom is 0.232 e. The Kier molecular flexibility index (Phi) is 6.16. The van der Waals surface area contributed by atoms with Crippen LogP contribution in [0.1, 0.15) is 32.6 Å². The van der Waals surface area contributed by atoms with E-state index in [-0.39, 0.29) is 35.6 Å². The zero-order valence-electron chi connectivity index (χ0n) is 16.6. The van der Waals surface area contributed by atoms with Crippen molar-refractivity contribution in [3.05, 3.63) is 53.7 Å². The van der Waals surface area contributed by atoms with Crippen molar-refractivity contribution >= 4 is 17.6 Å². The number of benzene rings is 1. The van der Waals surface area contributed by atoms with E-state index < -0.39 is 23.4 Å². The minimum absolute atomic E-state index is 0.0104. The normalized spacial score (nSPS) is 12.5. The van der Waals surface area contributed by atoms with Crippen LogP contribution >= 0.6 is 0 Å². The molecule has 1 atom stereocenters. The van der Waals surface area contributed by atoms with Gasteiger partial charge in [0.15, 0.2) is 5.82 Å². The predicted octanol–water partition coefficient (Wildman–Crippen LogP) is 4.17. The van der Waals surface area contributed by atoms with E-state index >= 15 is 0 Å². The largest absolute Gasteiger partial charge is 0.389 e. The lowest BCUT2D eigenvalue weighted by Crippen LogP contribution is -2.30. The molecule has 2 heterocycles. The second kappa shape index (κ2) is 8.62. The zero-order chi connectivity index (χ0) is 21.9. The molecule has 3 rings (SSSR count). The highest BCUT2D eigenvalue weighted by Crippen LogP contribution is 2.22. The van der Waals surface area contributed by atoms with Gasteiger partial charge in [-0.25, -0.2) is 18.2 Å². The molecule has 158 valence electrons. The smallest absolute Gasteiger partial charge is 0.232 e.